The quantitative estimate of drug-likeness (QED) is 0.719. The molecule has 132 valence electrons. The number of methoxy groups -OCH3 is 1. The van der Waals surface area contributed by atoms with Gasteiger partial charge in [0.2, 0.25) is 11.8 Å². The highest BCUT2D eigenvalue weighted by molar-refractivity contribution is 5.96. The van der Waals surface area contributed by atoms with Crippen LogP contribution in [0.15, 0.2) is 42.5 Å². The number of hydrogen-bond donors (Lipinski definition) is 3. The molecule has 2 amide bonds. The molecule has 0 heterocycles. The van der Waals surface area contributed by atoms with Crippen LogP contribution in [0, 0.1) is 12.7 Å². The molecule has 25 heavy (non-hydrogen) atoms. The van der Waals surface area contributed by atoms with E-state index in [2.05, 4.69) is 16.0 Å². The number of ether oxygens (including phenoxy) is 1. The molecule has 7 heteroatoms. The first-order valence-electron chi connectivity index (χ1n) is 7.69. The van der Waals surface area contributed by atoms with Crippen molar-refractivity contribution in [2.24, 2.45) is 0 Å². The van der Waals surface area contributed by atoms with Crippen LogP contribution in [-0.2, 0) is 9.59 Å². The number of anilines is 2. The van der Waals surface area contributed by atoms with E-state index in [0.29, 0.717) is 11.4 Å². The molecule has 0 unspecified atom stereocenters. The maximum absolute atomic E-state index is 13.4. The van der Waals surface area contributed by atoms with Crippen molar-refractivity contribution in [2.75, 3.05) is 30.8 Å². The first-order valence-corrected chi connectivity index (χ1v) is 7.69. The van der Waals surface area contributed by atoms with E-state index in [1.807, 2.05) is 13.0 Å². The van der Waals surface area contributed by atoms with Crippen LogP contribution < -0.4 is 20.7 Å². The van der Waals surface area contributed by atoms with Crippen LogP contribution >= 0.6 is 0 Å². The number of carbonyl (C=O) groups is 2. The summed E-state index contributed by atoms with van der Waals surface area (Å²) in [6, 6.07) is 11.4. The fraction of sp³-hybridized carbons (Fsp3) is 0.222. The average Bonchev–Trinajstić information content (AvgIpc) is 2.59. The van der Waals surface area contributed by atoms with Crippen molar-refractivity contribution in [2.45, 2.75) is 6.92 Å². The number of hydrogen-bond acceptors (Lipinski definition) is 4. The van der Waals surface area contributed by atoms with E-state index < -0.39 is 11.7 Å². The number of amides is 2. The molecule has 0 saturated carbocycles. The number of aryl methyl sites for hydroxylation is 1. The summed E-state index contributed by atoms with van der Waals surface area (Å²) in [5, 5.41) is 7.82. The SMILES string of the molecule is COc1ccc(C)cc1NC(=O)CNC(=O)CNc1ccccc1F. The summed E-state index contributed by atoms with van der Waals surface area (Å²) < 4.78 is 18.6. The van der Waals surface area contributed by atoms with E-state index in [-0.39, 0.29) is 24.7 Å². The van der Waals surface area contributed by atoms with Crippen molar-refractivity contribution in [1.82, 2.24) is 5.32 Å². The van der Waals surface area contributed by atoms with Crippen molar-refractivity contribution >= 4 is 23.2 Å². The van der Waals surface area contributed by atoms with Crippen molar-refractivity contribution < 1.29 is 18.7 Å². The summed E-state index contributed by atoms with van der Waals surface area (Å²) in [5.74, 6) is -0.719. The van der Waals surface area contributed by atoms with Crippen LogP contribution in [0.3, 0.4) is 0 Å². The molecule has 0 atom stereocenters. The Balaban J connectivity index is 1.81. The molecule has 0 radical (unpaired) electrons. The number of para-hydroxylation sites is 1. The Morgan fingerprint density at radius 2 is 1.80 bits per heavy atom. The number of rotatable bonds is 7. The molecule has 0 saturated heterocycles. The van der Waals surface area contributed by atoms with Gasteiger partial charge in [-0.2, -0.15) is 0 Å². The molecule has 2 rings (SSSR count). The van der Waals surface area contributed by atoms with Gasteiger partial charge >= 0.3 is 0 Å². The van der Waals surface area contributed by atoms with Gasteiger partial charge in [-0.25, -0.2) is 4.39 Å². The minimum absolute atomic E-state index is 0.137. The molecule has 2 aromatic carbocycles. The van der Waals surface area contributed by atoms with E-state index in [9.17, 15) is 14.0 Å². The summed E-state index contributed by atoms with van der Waals surface area (Å²) in [6.07, 6.45) is 0. The lowest BCUT2D eigenvalue weighted by atomic mass is 10.2. The molecular weight excluding hydrogens is 325 g/mol. The molecule has 2 aromatic rings. The smallest absolute Gasteiger partial charge is 0.243 e. The predicted octanol–water partition coefficient (Wildman–Crippen LogP) is 2.31. The van der Waals surface area contributed by atoms with Gasteiger partial charge in [-0.05, 0) is 36.8 Å². The third kappa shape index (κ3) is 5.49. The highest BCUT2D eigenvalue weighted by Gasteiger charge is 2.10. The topological polar surface area (TPSA) is 79.5 Å². The molecule has 0 aliphatic carbocycles. The third-order valence-electron chi connectivity index (χ3n) is 3.39. The van der Waals surface area contributed by atoms with Gasteiger partial charge < -0.3 is 20.7 Å². The Morgan fingerprint density at radius 1 is 1.04 bits per heavy atom. The first kappa shape index (κ1) is 18.3. The lowest BCUT2D eigenvalue weighted by molar-refractivity contribution is -0.122. The van der Waals surface area contributed by atoms with Crippen LogP contribution in [-0.4, -0.2) is 32.0 Å². The Kier molecular flexibility index (Phi) is 6.33. The van der Waals surface area contributed by atoms with Crippen LogP contribution in [0.1, 0.15) is 5.56 Å². The van der Waals surface area contributed by atoms with Gasteiger partial charge in [-0.3, -0.25) is 9.59 Å². The van der Waals surface area contributed by atoms with Crippen molar-refractivity contribution in [3.05, 3.63) is 53.8 Å². The first-order chi connectivity index (χ1) is 12.0. The molecular formula is C18H20FN3O3. The maximum atomic E-state index is 13.4. The zero-order valence-electron chi connectivity index (χ0n) is 14.1. The normalized spacial score (nSPS) is 10.0. The third-order valence-corrected chi connectivity index (χ3v) is 3.39. The van der Waals surface area contributed by atoms with Gasteiger partial charge in [0.1, 0.15) is 11.6 Å². The predicted molar refractivity (Wildman–Crippen MR) is 94.3 cm³/mol. The van der Waals surface area contributed by atoms with E-state index in [1.54, 1.807) is 24.3 Å². The molecule has 0 fully saturated rings. The Hall–Kier alpha value is -3.09. The van der Waals surface area contributed by atoms with E-state index >= 15 is 0 Å². The van der Waals surface area contributed by atoms with Gasteiger partial charge in [-0.15, -0.1) is 0 Å². The molecule has 0 aromatic heterocycles. The number of benzene rings is 2. The van der Waals surface area contributed by atoms with Crippen LogP contribution in [0.2, 0.25) is 0 Å². The molecule has 0 bridgehead atoms. The molecule has 0 aliphatic rings. The number of nitrogens with one attached hydrogen (secondary N) is 3. The van der Waals surface area contributed by atoms with Gasteiger partial charge in [-0.1, -0.05) is 18.2 Å². The Bertz CT molecular complexity index is 765. The second-order valence-corrected chi connectivity index (χ2v) is 5.36. The summed E-state index contributed by atoms with van der Waals surface area (Å²) in [5.41, 5.74) is 1.73. The summed E-state index contributed by atoms with van der Waals surface area (Å²) in [6.45, 7) is 1.56. The molecule has 6 nitrogen and oxygen atoms in total. The molecule has 0 aliphatic heterocycles. The summed E-state index contributed by atoms with van der Waals surface area (Å²) in [7, 11) is 1.51. The lowest BCUT2D eigenvalue weighted by Crippen LogP contribution is -2.36. The van der Waals surface area contributed by atoms with E-state index in [0.717, 1.165) is 5.56 Å². The second kappa shape index (κ2) is 8.68. The van der Waals surface area contributed by atoms with Crippen molar-refractivity contribution in [1.29, 1.82) is 0 Å². The average molecular weight is 345 g/mol. The standard InChI is InChI=1S/C18H20FN3O3/c1-12-7-8-16(25-2)15(9-12)22-18(24)11-21-17(23)10-20-14-6-4-3-5-13(14)19/h3-9,20H,10-11H2,1-2H3,(H,21,23)(H,22,24). The Labute approximate surface area is 145 Å². The second-order valence-electron chi connectivity index (χ2n) is 5.36. The number of carbonyl (C=O) groups excluding carboxylic acids is 2. The van der Waals surface area contributed by atoms with Crippen LogP contribution in [0.5, 0.6) is 5.75 Å². The largest absolute Gasteiger partial charge is 0.495 e. The van der Waals surface area contributed by atoms with E-state index in [1.165, 1.54) is 19.2 Å². The summed E-state index contributed by atoms with van der Waals surface area (Å²) >= 11 is 0. The van der Waals surface area contributed by atoms with E-state index in [4.69, 9.17) is 4.74 Å². The molecule has 0 spiro atoms. The van der Waals surface area contributed by atoms with Gasteiger partial charge in [0, 0.05) is 0 Å². The van der Waals surface area contributed by atoms with Crippen LogP contribution in [0.4, 0.5) is 15.8 Å². The van der Waals surface area contributed by atoms with Gasteiger partial charge in [0.25, 0.3) is 0 Å². The zero-order chi connectivity index (χ0) is 18.2. The summed E-state index contributed by atoms with van der Waals surface area (Å²) in [4.78, 5) is 23.7. The monoisotopic (exact) mass is 345 g/mol. The zero-order valence-corrected chi connectivity index (χ0v) is 14.1. The molecule has 3 N–H and O–H groups in total. The van der Waals surface area contributed by atoms with Gasteiger partial charge in [0.05, 0.1) is 31.6 Å². The van der Waals surface area contributed by atoms with Crippen LogP contribution in [0.25, 0.3) is 0 Å². The Morgan fingerprint density at radius 3 is 2.52 bits per heavy atom. The van der Waals surface area contributed by atoms with Crippen molar-refractivity contribution in [3.8, 4) is 5.75 Å². The highest BCUT2D eigenvalue weighted by atomic mass is 19.1. The van der Waals surface area contributed by atoms with Crippen molar-refractivity contribution in [3.63, 3.8) is 0 Å². The lowest BCUT2D eigenvalue weighted by Gasteiger charge is -2.12. The fourth-order valence-electron chi connectivity index (χ4n) is 2.14. The highest BCUT2D eigenvalue weighted by Crippen LogP contribution is 2.24. The maximum Gasteiger partial charge on any atom is 0.243 e. The minimum atomic E-state index is -0.445. The number of halogens is 1. The fourth-order valence-corrected chi connectivity index (χ4v) is 2.14. The van der Waals surface area contributed by atoms with Gasteiger partial charge in [0.15, 0.2) is 0 Å². The minimum Gasteiger partial charge on any atom is -0.495 e.